The van der Waals surface area contributed by atoms with E-state index < -0.39 is 0 Å². The molecule has 2 aromatic carbocycles. The molecule has 2 amide bonds. The average molecular weight is 410 g/mol. The lowest BCUT2D eigenvalue weighted by Crippen LogP contribution is -2.45. The Labute approximate surface area is 180 Å². The zero-order valence-corrected chi connectivity index (χ0v) is 17.0. The Morgan fingerprint density at radius 3 is 2.35 bits per heavy atom. The molecule has 3 heterocycles. The molecular weight excluding hydrogens is 388 g/mol. The minimum Gasteiger partial charge on any atom is -0.368 e. The molecule has 3 aromatic rings. The first-order valence-corrected chi connectivity index (χ1v) is 10.3. The first kappa shape index (κ1) is 19.1. The fraction of sp³-hybridized carbons (Fsp3) is 0.160. The number of rotatable bonds is 4. The van der Waals surface area contributed by atoms with E-state index in [1.54, 1.807) is 17.3 Å². The van der Waals surface area contributed by atoms with Crippen molar-refractivity contribution in [3.63, 3.8) is 0 Å². The number of pyridine rings is 1. The Morgan fingerprint density at radius 2 is 1.65 bits per heavy atom. The number of benzene rings is 2. The lowest BCUT2D eigenvalue weighted by Gasteiger charge is -2.34. The SMILES string of the molecule is O=CN1CCN(c2ccc(C=C3C(=O)Nc4cccc(-c5ccncc5)c43)cc2)CC1. The number of amides is 2. The summed E-state index contributed by atoms with van der Waals surface area (Å²) in [7, 11) is 0. The Morgan fingerprint density at radius 1 is 0.903 bits per heavy atom. The van der Waals surface area contributed by atoms with Gasteiger partial charge in [0.15, 0.2) is 0 Å². The number of piperazine rings is 1. The molecule has 2 aliphatic rings. The van der Waals surface area contributed by atoms with Gasteiger partial charge in [0, 0.05) is 55.5 Å². The number of hydrogen-bond acceptors (Lipinski definition) is 4. The third kappa shape index (κ3) is 3.68. The van der Waals surface area contributed by atoms with Gasteiger partial charge < -0.3 is 15.1 Å². The van der Waals surface area contributed by atoms with Crippen molar-refractivity contribution in [2.75, 3.05) is 36.4 Å². The van der Waals surface area contributed by atoms with Crippen LogP contribution in [0.2, 0.25) is 0 Å². The summed E-state index contributed by atoms with van der Waals surface area (Å²) in [6.45, 7) is 3.13. The first-order valence-electron chi connectivity index (χ1n) is 10.3. The Kier molecular flexibility index (Phi) is 4.96. The summed E-state index contributed by atoms with van der Waals surface area (Å²) in [4.78, 5) is 31.8. The minimum absolute atomic E-state index is 0.0921. The largest absolute Gasteiger partial charge is 0.368 e. The molecule has 0 atom stereocenters. The van der Waals surface area contributed by atoms with Crippen molar-refractivity contribution in [1.29, 1.82) is 0 Å². The van der Waals surface area contributed by atoms with Crippen molar-refractivity contribution >= 4 is 35.3 Å². The van der Waals surface area contributed by atoms with Gasteiger partial charge in [0.05, 0.1) is 5.57 Å². The Hall–Kier alpha value is -3.93. The molecule has 1 saturated heterocycles. The molecular formula is C25H22N4O2. The fourth-order valence-electron chi connectivity index (χ4n) is 4.19. The van der Waals surface area contributed by atoms with Crippen molar-refractivity contribution in [1.82, 2.24) is 9.88 Å². The van der Waals surface area contributed by atoms with Crippen molar-refractivity contribution in [3.8, 4) is 11.1 Å². The topological polar surface area (TPSA) is 65.5 Å². The maximum atomic E-state index is 12.8. The highest BCUT2D eigenvalue weighted by molar-refractivity contribution is 6.36. The van der Waals surface area contributed by atoms with E-state index in [0.29, 0.717) is 5.57 Å². The average Bonchev–Trinajstić information content (AvgIpc) is 3.15. The van der Waals surface area contributed by atoms with Crippen LogP contribution in [0.15, 0.2) is 67.0 Å². The highest BCUT2D eigenvalue weighted by Gasteiger charge is 2.27. The molecule has 0 saturated carbocycles. The molecule has 0 bridgehead atoms. The van der Waals surface area contributed by atoms with Crippen LogP contribution in [0.25, 0.3) is 22.8 Å². The second kappa shape index (κ2) is 8.07. The van der Waals surface area contributed by atoms with Gasteiger partial charge in [-0.3, -0.25) is 14.6 Å². The van der Waals surface area contributed by atoms with Crippen LogP contribution in [0.5, 0.6) is 0 Å². The van der Waals surface area contributed by atoms with Gasteiger partial charge >= 0.3 is 0 Å². The van der Waals surface area contributed by atoms with E-state index in [-0.39, 0.29) is 5.91 Å². The quantitative estimate of drug-likeness (QED) is 0.528. The smallest absolute Gasteiger partial charge is 0.256 e. The summed E-state index contributed by atoms with van der Waals surface area (Å²) in [6, 6.07) is 18.0. The van der Waals surface area contributed by atoms with Crippen LogP contribution >= 0.6 is 0 Å². The van der Waals surface area contributed by atoms with Crippen molar-refractivity contribution < 1.29 is 9.59 Å². The number of nitrogens with one attached hydrogen (secondary N) is 1. The third-order valence-electron chi connectivity index (χ3n) is 5.85. The third-order valence-corrected chi connectivity index (χ3v) is 5.85. The van der Waals surface area contributed by atoms with E-state index in [1.807, 2.05) is 48.5 Å². The maximum absolute atomic E-state index is 12.8. The number of anilines is 2. The highest BCUT2D eigenvalue weighted by atomic mass is 16.2. The van der Waals surface area contributed by atoms with Crippen LogP contribution in [0.1, 0.15) is 11.1 Å². The van der Waals surface area contributed by atoms with Crippen molar-refractivity contribution in [2.45, 2.75) is 0 Å². The van der Waals surface area contributed by atoms with E-state index >= 15 is 0 Å². The summed E-state index contributed by atoms with van der Waals surface area (Å²) in [5.41, 5.74) is 6.55. The van der Waals surface area contributed by atoms with Crippen LogP contribution in [-0.4, -0.2) is 48.4 Å². The molecule has 0 radical (unpaired) electrons. The van der Waals surface area contributed by atoms with Crippen LogP contribution in [-0.2, 0) is 9.59 Å². The molecule has 2 aliphatic heterocycles. The maximum Gasteiger partial charge on any atom is 0.256 e. The molecule has 1 fully saturated rings. The number of hydrogen-bond donors (Lipinski definition) is 1. The standard InChI is InChI=1S/C25H22N4O2/c30-17-28-12-14-29(15-13-28)20-6-4-18(5-7-20)16-22-24-21(19-8-10-26-11-9-19)2-1-3-23(24)27-25(22)31/h1-11,16-17H,12-15H2,(H,27,31). The predicted octanol–water partition coefficient (Wildman–Crippen LogP) is 3.52. The molecule has 0 spiro atoms. The van der Waals surface area contributed by atoms with E-state index in [4.69, 9.17) is 0 Å². The Balaban J connectivity index is 1.45. The summed E-state index contributed by atoms with van der Waals surface area (Å²) in [5, 5.41) is 2.99. The summed E-state index contributed by atoms with van der Waals surface area (Å²) in [6.07, 6.45) is 6.38. The molecule has 1 N–H and O–H groups in total. The zero-order chi connectivity index (χ0) is 21.2. The van der Waals surface area contributed by atoms with Gasteiger partial charge in [0.1, 0.15) is 0 Å². The van der Waals surface area contributed by atoms with Crippen molar-refractivity contribution in [3.05, 3.63) is 78.1 Å². The summed E-state index contributed by atoms with van der Waals surface area (Å²) < 4.78 is 0. The van der Waals surface area contributed by atoms with Gasteiger partial charge in [-0.05, 0) is 53.1 Å². The van der Waals surface area contributed by atoms with E-state index in [0.717, 1.165) is 66.2 Å². The van der Waals surface area contributed by atoms with Gasteiger partial charge in [0.2, 0.25) is 6.41 Å². The summed E-state index contributed by atoms with van der Waals surface area (Å²) in [5.74, 6) is -0.0921. The van der Waals surface area contributed by atoms with Crippen LogP contribution < -0.4 is 10.2 Å². The Bertz CT molecular complexity index is 1150. The molecule has 154 valence electrons. The number of nitrogens with zero attached hydrogens (tertiary/aromatic N) is 3. The second-order valence-electron chi connectivity index (χ2n) is 7.70. The molecule has 0 aliphatic carbocycles. The van der Waals surface area contributed by atoms with Crippen LogP contribution in [0.4, 0.5) is 11.4 Å². The number of fused-ring (bicyclic) bond motifs is 1. The van der Waals surface area contributed by atoms with Gasteiger partial charge in [0.25, 0.3) is 5.91 Å². The van der Waals surface area contributed by atoms with Crippen LogP contribution in [0.3, 0.4) is 0 Å². The van der Waals surface area contributed by atoms with Gasteiger partial charge in [-0.25, -0.2) is 0 Å². The number of carbonyl (C=O) groups is 2. The van der Waals surface area contributed by atoms with Gasteiger partial charge in [-0.15, -0.1) is 0 Å². The van der Waals surface area contributed by atoms with Gasteiger partial charge in [-0.2, -0.15) is 0 Å². The highest BCUT2D eigenvalue weighted by Crippen LogP contribution is 2.40. The monoisotopic (exact) mass is 410 g/mol. The molecule has 31 heavy (non-hydrogen) atoms. The summed E-state index contributed by atoms with van der Waals surface area (Å²) >= 11 is 0. The molecule has 5 rings (SSSR count). The first-order chi connectivity index (χ1) is 15.2. The zero-order valence-electron chi connectivity index (χ0n) is 17.0. The fourth-order valence-corrected chi connectivity index (χ4v) is 4.19. The molecule has 6 heteroatoms. The van der Waals surface area contributed by atoms with E-state index in [1.165, 1.54) is 0 Å². The second-order valence-corrected chi connectivity index (χ2v) is 7.70. The van der Waals surface area contributed by atoms with Crippen molar-refractivity contribution in [2.24, 2.45) is 0 Å². The molecule has 0 unspecified atom stereocenters. The van der Waals surface area contributed by atoms with E-state index in [2.05, 4.69) is 27.3 Å². The normalized spacial score (nSPS) is 16.9. The van der Waals surface area contributed by atoms with Gasteiger partial charge in [-0.1, -0.05) is 24.3 Å². The van der Waals surface area contributed by atoms with Crippen LogP contribution in [0, 0.1) is 0 Å². The molecule has 1 aromatic heterocycles. The number of aromatic nitrogens is 1. The molecule has 6 nitrogen and oxygen atoms in total. The lowest BCUT2D eigenvalue weighted by molar-refractivity contribution is -0.118. The lowest BCUT2D eigenvalue weighted by atomic mass is 9.94. The number of carbonyl (C=O) groups excluding carboxylic acids is 2. The predicted molar refractivity (Wildman–Crippen MR) is 122 cm³/mol. The minimum atomic E-state index is -0.0921. The van der Waals surface area contributed by atoms with E-state index in [9.17, 15) is 9.59 Å².